The van der Waals surface area contributed by atoms with Crippen molar-refractivity contribution in [3.05, 3.63) is 182 Å². The topological polar surface area (TPSA) is 0 Å². The lowest BCUT2D eigenvalue weighted by atomic mass is 9.83. The highest BCUT2D eigenvalue weighted by atomic mass is 14.2. The van der Waals surface area contributed by atoms with Crippen LogP contribution >= 0.6 is 0 Å². The second kappa shape index (κ2) is 11.2. The maximum Gasteiger partial charge on any atom is 0.0629 e. The fourth-order valence-electron chi connectivity index (χ4n) is 5.56. The molecule has 0 N–H and O–H groups in total. The van der Waals surface area contributed by atoms with Crippen LogP contribution in [-0.4, -0.2) is 0 Å². The molecule has 0 nitrogen and oxygen atoms in total. The van der Waals surface area contributed by atoms with Gasteiger partial charge < -0.3 is 0 Å². The maximum absolute atomic E-state index is 9.47. The molecule has 0 unspecified atom stereocenters. The van der Waals surface area contributed by atoms with E-state index in [0.717, 1.165) is 16.7 Å². The third-order valence-corrected chi connectivity index (χ3v) is 7.47. The minimum atomic E-state index is -0.884. The van der Waals surface area contributed by atoms with Crippen LogP contribution in [0.4, 0.5) is 0 Å². The molecule has 0 amide bonds. The molecule has 0 bridgehead atoms. The third kappa shape index (κ3) is 4.49. The first-order chi connectivity index (χ1) is 29.3. The molecule has 0 saturated carbocycles. The lowest BCUT2D eigenvalue weighted by molar-refractivity contribution is 1.58. The van der Waals surface area contributed by atoms with Gasteiger partial charge in [-0.25, -0.2) is 0 Å². The van der Waals surface area contributed by atoms with Crippen molar-refractivity contribution < 1.29 is 24.7 Å². The standard InChI is InChI=1S/C44H30/c1-3-15-31(16-4-1)35-19-7-8-20-36(35)33-27-29-34(30-28-33)43-39-23-11-13-25-41(39)44(42-26-14-12-24-40(42)43)38-22-10-9-21-37(38)32-17-5-2-6-18-32/h1-30H/i2D,5D,6D,9D,10D,11D,12D,13D,14D,17D,18D,21D,22D,23D,24D,25D,26D,29D. The summed E-state index contributed by atoms with van der Waals surface area (Å²) < 4.78 is 161. The second-order valence-electron chi connectivity index (χ2n) is 9.90. The van der Waals surface area contributed by atoms with Crippen LogP contribution in [0.15, 0.2) is 182 Å². The molecule has 0 heterocycles. The Morgan fingerprint density at radius 2 is 0.750 bits per heavy atom. The average Bonchev–Trinajstić information content (AvgIpc) is 3.27. The summed E-state index contributed by atoms with van der Waals surface area (Å²) in [5.74, 6) is 0. The van der Waals surface area contributed by atoms with Crippen molar-refractivity contribution in [3.8, 4) is 55.6 Å². The summed E-state index contributed by atoms with van der Waals surface area (Å²) in [4.78, 5) is 0. The Balaban J connectivity index is 1.62. The van der Waals surface area contributed by atoms with E-state index in [4.69, 9.17) is 16.4 Å². The van der Waals surface area contributed by atoms with Crippen LogP contribution in [0.1, 0.15) is 24.7 Å². The van der Waals surface area contributed by atoms with E-state index < -0.39 is 136 Å². The number of benzene rings is 8. The van der Waals surface area contributed by atoms with Gasteiger partial charge in [0.05, 0.1) is 24.7 Å². The number of rotatable bonds is 5. The van der Waals surface area contributed by atoms with Gasteiger partial charge in [-0.05, 0) is 77.2 Å². The van der Waals surface area contributed by atoms with Crippen LogP contribution in [0.3, 0.4) is 0 Å². The minimum Gasteiger partial charge on any atom is -0.0622 e. The van der Waals surface area contributed by atoms with E-state index in [2.05, 4.69) is 0 Å². The third-order valence-electron chi connectivity index (χ3n) is 7.47. The van der Waals surface area contributed by atoms with Gasteiger partial charge in [-0.2, -0.15) is 0 Å². The Kier molecular flexibility index (Phi) is 3.37. The molecule has 0 fully saturated rings. The molecule has 0 aromatic heterocycles. The number of hydrogen-bond acceptors (Lipinski definition) is 0. The van der Waals surface area contributed by atoms with Crippen molar-refractivity contribution >= 4 is 21.5 Å². The first-order valence-corrected chi connectivity index (χ1v) is 13.7. The summed E-state index contributed by atoms with van der Waals surface area (Å²) in [6, 6.07) is 7.80. The molecule has 44 heavy (non-hydrogen) atoms. The summed E-state index contributed by atoms with van der Waals surface area (Å²) in [5.41, 5.74) is 0.430. The van der Waals surface area contributed by atoms with Crippen LogP contribution in [0, 0.1) is 0 Å². The molecule has 0 spiro atoms. The molecule has 0 saturated heterocycles. The van der Waals surface area contributed by atoms with Gasteiger partial charge >= 0.3 is 0 Å². The first kappa shape index (κ1) is 13.3. The van der Waals surface area contributed by atoms with E-state index in [9.17, 15) is 8.22 Å². The van der Waals surface area contributed by atoms with E-state index in [-0.39, 0.29) is 27.9 Å². The normalized spacial score (nSPS) is 16.9. The van der Waals surface area contributed by atoms with Crippen molar-refractivity contribution in [3.63, 3.8) is 0 Å². The Labute approximate surface area is 283 Å². The zero-order valence-electron chi connectivity index (χ0n) is 40.9. The highest BCUT2D eigenvalue weighted by molar-refractivity contribution is 6.22. The Bertz CT molecular complexity index is 3160. The van der Waals surface area contributed by atoms with E-state index in [1.807, 2.05) is 54.6 Å². The molecular weight excluding hydrogens is 528 g/mol. The molecule has 0 aliphatic carbocycles. The SMILES string of the molecule is [2H]c1cc(-c2ccccc2-c2ccccc2)ccc1-c1c2c([2H])c([2H])c([2H])c([2H])c2c(-c2c([2H])c([2H])c([2H])c([2H])c2-c2c([2H])c([2H])c([2H])c([2H])c2[2H])c2c([2H])c([2H])c([2H])c([2H])c12. The van der Waals surface area contributed by atoms with Crippen molar-refractivity contribution in [2.24, 2.45) is 0 Å². The summed E-state index contributed by atoms with van der Waals surface area (Å²) in [7, 11) is 0. The smallest absolute Gasteiger partial charge is 0.0622 e. The predicted molar refractivity (Wildman–Crippen MR) is 189 cm³/mol. The lowest BCUT2D eigenvalue weighted by Gasteiger charge is -2.20. The van der Waals surface area contributed by atoms with E-state index in [1.165, 1.54) is 12.1 Å². The summed E-state index contributed by atoms with van der Waals surface area (Å²) in [5, 5.41) is -1.62. The first-order valence-electron chi connectivity index (χ1n) is 22.7. The van der Waals surface area contributed by atoms with E-state index in [1.54, 1.807) is 6.07 Å². The van der Waals surface area contributed by atoms with E-state index in [0.29, 0.717) is 5.56 Å². The molecule has 0 radical (unpaired) electrons. The molecular formula is C44H30. The van der Waals surface area contributed by atoms with Crippen molar-refractivity contribution in [2.75, 3.05) is 0 Å². The summed E-state index contributed by atoms with van der Waals surface area (Å²) in [6.45, 7) is 0. The molecule has 0 aliphatic rings. The van der Waals surface area contributed by atoms with Crippen LogP contribution in [-0.2, 0) is 0 Å². The van der Waals surface area contributed by atoms with Crippen molar-refractivity contribution in [1.29, 1.82) is 0 Å². The zero-order valence-corrected chi connectivity index (χ0v) is 22.9. The fraction of sp³-hybridized carbons (Fsp3) is 0. The summed E-state index contributed by atoms with van der Waals surface area (Å²) >= 11 is 0. The van der Waals surface area contributed by atoms with Crippen LogP contribution in [0.2, 0.25) is 0 Å². The highest BCUT2D eigenvalue weighted by Crippen LogP contribution is 2.46. The quantitative estimate of drug-likeness (QED) is 0.179. The Morgan fingerprint density at radius 3 is 1.36 bits per heavy atom. The number of fused-ring (bicyclic) bond motifs is 2. The molecule has 0 aliphatic heterocycles. The van der Waals surface area contributed by atoms with Gasteiger partial charge in [0.25, 0.3) is 0 Å². The number of hydrogen-bond donors (Lipinski definition) is 0. The van der Waals surface area contributed by atoms with Gasteiger partial charge in [-0.3, -0.25) is 0 Å². The molecule has 0 heteroatoms. The Hall–Kier alpha value is -5.72. The maximum atomic E-state index is 9.47. The molecule has 206 valence electrons. The van der Waals surface area contributed by atoms with Crippen molar-refractivity contribution in [2.45, 2.75) is 0 Å². The molecule has 8 aromatic carbocycles. The van der Waals surface area contributed by atoms with Gasteiger partial charge in [0.15, 0.2) is 0 Å². The van der Waals surface area contributed by atoms with Crippen LogP contribution < -0.4 is 0 Å². The van der Waals surface area contributed by atoms with Gasteiger partial charge in [0, 0.05) is 0 Å². The predicted octanol–water partition coefficient (Wildman–Crippen LogP) is 12.3. The molecule has 8 rings (SSSR count). The van der Waals surface area contributed by atoms with E-state index >= 15 is 0 Å². The van der Waals surface area contributed by atoms with Crippen molar-refractivity contribution in [1.82, 2.24) is 0 Å². The second-order valence-corrected chi connectivity index (χ2v) is 9.90. The van der Waals surface area contributed by atoms with Gasteiger partial charge in [-0.1, -0.05) is 182 Å². The van der Waals surface area contributed by atoms with Crippen LogP contribution in [0.25, 0.3) is 77.2 Å². The summed E-state index contributed by atoms with van der Waals surface area (Å²) in [6.07, 6.45) is 0. The van der Waals surface area contributed by atoms with Gasteiger partial charge in [0.2, 0.25) is 0 Å². The monoisotopic (exact) mass is 576 g/mol. The fourth-order valence-corrected chi connectivity index (χ4v) is 5.56. The van der Waals surface area contributed by atoms with Gasteiger partial charge in [-0.15, -0.1) is 0 Å². The lowest BCUT2D eigenvalue weighted by Crippen LogP contribution is -1.92. The molecule has 0 atom stereocenters. The van der Waals surface area contributed by atoms with Crippen LogP contribution in [0.5, 0.6) is 0 Å². The molecule has 8 aromatic rings. The Morgan fingerprint density at radius 1 is 0.273 bits per heavy atom. The van der Waals surface area contributed by atoms with Gasteiger partial charge in [0.1, 0.15) is 0 Å². The highest BCUT2D eigenvalue weighted by Gasteiger charge is 2.18. The largest absolute Gasteiger partial charge is 0.0629 e. The zero-order chi connectivity index (χ0) is 45.0. The average molecular weight is 577 g/mol. The minimum absolute atomic E-state index is 0.00311.